The number of nitrogens with two attached hydrogens (primary N) is 1. The first kappa shape index (κ1) is 15.0. The summed E-state index contributed by atoms with van der Waals surface area (Å²) in [5.41, 5.74) is 9.24. The van der Waals surface area contributed by atoms with E-state index < -0.39 is 0 Å². The number of hydrogen-bond donors (Lipinski definition) is 2. The summed E-state index contributed by atoms with van der Waals surface area (Å²) in [6.07, 6.45) is 4.72. The lowest BCUT2D eigenvalue weighted by Crippen LogP contribution is -2.35. The number of rotatable bonds is 6. The highest BCUT2D eigenvalue weighted by molar-refractivity contribution is 5.36. The van der Waals surface area contributed by atoms with E-state index >= 15 is 0 Å². The van der Waals surface area contributed by atoms with Crippen LogP contribution < -0.4 is 11.1 Å². The predicted octanol–water partition coefficient (Wildman–Crippen LogP) is 2.00. The SMILES string of the molecule is Cc1cc(C)n(CCCNc2cc(C3CC(N)C3)ncn2)n1. The van der Waals surface area contributed by atoms with Crippen molar-refractivity contribution in [3.63, 3.8) is 0 Å². The van der Waals surface area contributed by atoms with Gasteiger partial charge in [0.05, 0.1) is 5.69 Å². The molecule has 1 fully saturated rings. The average Bonchev–Trinajstić information content (AvgIpc) is 2.79. The fraction of sp³-hybridized carbons (Fsp3) is 0.562. The van der Waals surface area contributed by atoms with Gasteiger partial charge in [0, 0.05) is 42.5 Å². The molecule has 2 heterocycles. The minimum atomic E-state index is 0.345. The van der Waals surface area contributed by atoms with E-state index in [1.165, 1.54) is 5.69 Å². The number of aromatic nitrogens is 4. The van der Waals surface area contributed by atoms with Crippen LogP contribution in [0.5, 0.6) is 0 Å². The zero-order valence-corrected chi connectivity index (χ0v) is 13.3. The first-order valence-corrected chi connectivity index (χ1v) is 7.94. The molecule has 3 rings (SSSR count). The Kier molecular flexibility index (Phi) is 4.38. The summed E-state index contributed by atoms with van der Waals surface area (Å²) in [5.74, 6) is 1.41. The van der Waals surface area contributed by atoms with E-state index in [-0.39, 0.29) is 0 Å². The van der Waals surface area contributed by atoms with Gasteiger partial charge in [-0.3, -0.25) is 4.68 Å². The van der Waals surface area contributed by atoms with Gasteiger partial charge >= 0.3 is 0 Å². The van der Waals surface area contributed by atoms with Crippen LogP contribution >= 0.6 is 0 Å². The maximum absolute atomic E-state index is 5.84. The van der Waals surface area contributed by atoms with Gasteiger partial charge in [0.1, 0.15) is 12.1 Å². The minimum Gasteiger partial charge on any atom is -0.370 e. The van der Waals surface area contributed by atoms with Gasteiger partial charge in [-0.15, -0.1) is 0 Å². The summed E-state index contributed by atoms with van der Waals surface area (Å²) >= 11 is 0. The molecular weight excluding hydrogens is 276 g/mol. The smallest absolute Gasteiger partial charge is 0.129 e. The Labute approximate surface area is 131 Å². The molecule has 2 aromatic rings. The van der Waals surface area contributed by atoms with Crippen LogP contribution in [0.25, 0.3) is 0 Å². The van der Waals surface area contributed by atoms with Gasteiger partial charge in [-0.25, -0.2) is 9.97 Å². The van der Waals surface area contributed by atoms with E-state index in [1.54, 1.807) is 6.33 Å². The molecule has 0 saturated heterocycles. The van der Waals surface area contributed by atoms with Crippen LogP contribution in [0.4, 0.5) is 5.82 Å². The standard InChI is InChI=1S/C16H24N6/c1-11-6-12(2)22(21-11)5-3-4-18-16-9-15(19-10-20-16)13-7-14(17)8-13/h6,9-10,13-14H,3-5,7-8,17H2,1-2H3,(H,18,19,20). The third-order valence-electron chi connectivity index (χ3n) is 4.24. The van der Waals surface area contributed by atoms with Crippen molar-refractivity contribution in [2.45, 2.75) is 51.6 Å². The van der Waals surface area contributed by atoms with Crippen molar-refractivity contribution in [3.05, 3.63) is 35.5 Å². The van der Waals surface area contributed by atoms with E-state index in [2.05, 4.69) is 44.1 Å². The molecule has 22 heavy (non-hydrogen) atoms. The van der Waals surface area contributed by atoms with Crippen molar-refractivity contribution in [2.75, 3.05) is 11.9 Å². The molecule has 0 atom stereocenters. The van der Waals surface area contributed by atoms with Crippen LogP contribution in [-0.4, -0.2) is 32.3 Å². The van der Waals surface area contributed by atoms with Gasteiger partial charge in [-0.05, 0) is 39.2 Å². The molecule has 0 aliphatic heterocycles. The van der Waals surface area contributed by atoms with Crippen molar-refractivity contribution in [2.24, 2.45) is 5.73 Å². The average molecular weight is 300 g/mol. The van der Waals surface area contributed by atoms with E-state index in [0.717, 1.165) is 49.6 Å². The van der Waals surface area contributed by atoms with E-state index in [1.807, 2.05) is 6.92 Å². The second-order valence-electron chi connectivity index (χ2n) is 6.19. The van der Waals surface area contributed by atoms with Gasteiger partial charge in [-0.1, -0.05) is 0 Å². The highest BCUT2D eigenvalue weighted by Crippen LogP contribution is 2.34. The minimum absolute atomic E-state index is 0.345. The summed E-state index contributed by atoms with van der Waals surface area (Å²) in [5, 5.41) is 7.84. The molecule has 6 heteroatoms. The summed E-state index contributed by atoms with van der Waals surface area (Å²) in [4.78, 5) is 8.65. The quantitative estimate of drug-likeness (QED) is 0.797. The summed E-state index contributed by atoms with van der Waals surface area (Å²) in [7, 11) is 0. The Morgan fingerprint density at radius 1 is 1.27 bits per heavy atom. The van der Waals surface area contributed by atoms with Crippen LogP contribution in [0.2, 0.25) is 0 Å². The van der Waals surface area contributed by atoms with E-state index in [9.17, 15) is 0 Å². The first-order valence-electron chi connectivity index (χ1n) is 7.94. The van der Waals surface area contributed by atoms with Gasteiger partial charge in [-0.2, -0.15) is 5.10 Å². The molecule has 0 amide bonds. The molecule has 0 aromatic carbocycles. The molecule has 6 nitrogen and oxygen atoms in total. The highest BCUT2D eigenvalue weighted by atomic mass is 15.3. The van der Waals surface area contributed by atoms with Crippen LogP contribution in [-0.2, 0) is 6.54 Å². The lowest BCUT2D eigenvalue weighted by molar-refractivity contribution is 0.345. The Hall–Kier alpha value is -1.95. The summed E-state index contributed by atoms with van der Waals surface area (Å²) in [6.45, 7) is 5.91. The Morgan fingerprint density at radius 2 is 2.09 bits per heavy atom. The summed E-state index contributed by atoms with van der Waals surface area (Å²) < 4.78 is 2.05. The molecular formula is C16H24N6. The molecule has 1 saturated carbocycles. The second kappa shape index (κ2) is 6.44. The van der Waals surface area contributed by atoms with Crippen LogP contribution in [0.3, 0.4) is 0 Å². The molecule has 0 spiro atoms. The van der Waals surface area contributed by atoms with Crippen LogP contribution in [0.15, 0.2) is 18.5 Å². The number of hydrogen-bond acceptors (Lipinski definition) is 5. The third-order valence-corrected chi connectivity index (χ3v) is 4.24. The summed E-state index contributed by atoms with van der Waals surface area (Å²) in [6, 6.07) is 4.50. The number of anilines is 1. The topological polar surface area (TPSA) is 81.7 Å². The lowest BCUT2D eigenvalue weighted by Gasteiger charge is -2.31. The molecule has 3 N–H and O–H groups in total. The fourth-order valence-corrected chi connectivity index (χ4v) is 2.94. The van der Waals surface area contributed by atoms with Gasteiger partial charge in [0.2, 0.25) is 0 Å². The Morgan fingerprint density at radius 3 is 2.77 bits per heavy atom. The van der Waals surface area contributed by atoms with Crippen molar-refractivity contribution < 1.29 is 0 Å². The molecule has 2 aromatic heterocycles. The Bertz CT molecular complexity index is 629. The van der Waals surface area contributed by atoms with Crippen molar-refractivity contribution >= 4 is 5.82 Å². The molecule has 0 unspecified atom stereocenters. The van der Waals surface area contributed by atoms with Crippen LogP contribution in [0, 0.1) is 13.8 Å². The maximum Gasteiger partial charge on any atom is 0.129 e. The molecule has 0 bridgehead atoms. The monoisotopic (exact) mass is 300 g/mol. The second-order valence-corrected chi connectivity index (χ2v) is 6.19. The normalized spacial score (nSPS) is 20.7. The zero-order chi connectivity index (χ0) is 15.5. The maximum atomic E-state index is 5.84. The highest BCUT2D eigenvalue weighted by Gasteiger charge is 2.28. The van der Waals surface area contributed by atoms with Gasteiger partial charge in [0.25, 0.3) is 0 Å². The van der Waals surface area contributed by atoms with Crippen molar-refractivity contribution in [1.29, 1.82) is 0 Å². The lowest BCUT2D eigenvalue weighted by atomic mass is 9.79. The van der Waals surface area contributed by atoms with Gasteiger partial charge < -0.3 is 11.1 Å². The molecule has 1 aliphatic rings. The van der Waals surface area contributed by atoms with E-state index in [4.69, 9.17) is 5.73 Å². The fourth-order valence-electron chi connectivity index (χ4n) is 2.94. The van der Waals surface area contributed by atoms with Crippen molar-refractivity contribution in [3.8, 4) is 0 Å². The molecule has 118 valence electrons. The van der Waals surface area contributed by atoms with Crippen molar-refractivity contribution in [1.82, 2.24) is 19.7 Å². The first-order chi connectivity index (χ1) is 10.6. The number of nitrogens with zero attached hydrogens (tertiary/aromatic N) is 4. The van der Waals surface area contributed by atoms with E-state index in [0.29, 0.717) is 12.0 Å². The van der Waals surface area contributed by atoms with Crippen LogP contribution in [0.1, 0.15) is 42.3 Å². The molecule has 0 radical (unpaired) electrons. The molecule has 1 aliphatic carbocycles. The van der Waals surface area contributed by atoms with Gasteiger partial charge in [0.15, 0.2) is 0 Å². The third kappa shape index (κ3) is 3.44. The largest absolute Gasteiger partial charge is 0.370 e. The Balaban J connectivity index is 1.47. The predicted molar refractivity (Wildman–Crippen MR) is 86.8 cm³/mol. The zero-order valence-electron chi connectivity index (χ0n) is 13.3. The number of nitrogens with one attached hydrogen (secondary N) is 1. The number of aryl methyl sites for hydroxylation is 3.